The number of amides is 2. The molecule has 128 valence electrons. The number of anilines is 2. The lowest BCUT2D eigenvalue weighted by atomic mass is 10.1. The number of nitrogens with one attached hydrogen (secondary N) is 1. The first kappa shape index (κ1) is 16.7. The minimum Gasteiger partial charge on any atom is -0.483 e. The second-order valence-corrected chi connectivity index (χ2v) is 5.76. The van der Waals surface area contributed by atoms with Gasteiger partial charge < -0.3 is 15.0 Å². The van der Waals surface area contributed by atoms with Gasteiger partial charge in [0.1, 0.15) is 5.75 Å². The van der Waals surface area contributed by atoms with E-state index >= 15 is 0 Å². The molecule has 1 heterocycles. The zero-order valence-electron chi connectivity index (χ0n) is 13.8. The van der Waals surface area contributed by atoms with Gasteiger partial charge in [0.2, 0.25) is 5.91 Å². The highest BCUT2D eigenvalue weighted by molar-refractivity contribution is 5.96. The summed E-state index contributed by atoms with van der Waals surface area (Å²) in [4.78, 5) is 36.3. The number of aldehydes is 1. The molecule has 0 unspecified atom stereocenters. The van der Waals surface area contributed by atoms with Crippen molar-refractivity contribution in [3.05, 3.63) is 53.6 Å². The highest BCUT2D eigenvalue weighted by Crippen LogP contribution is 2.30. The zero-order chi connectivity index (χ0) is 17.8. The molecule has 0 atom stereocenters. The van der Waals surface area contributed by atoms with E-state index in [2.05, 4.69) is 5.32 Å². The van der Waals surface area contributed by atoms with E-state index in [0.29, 0.717) is 29.8 Å². The van der Waals surface area contributed by atoms with E-state index in [4.69, 9.17) is 4.74 Å². The van der Waals surface area contributed by atoms with Crippen LogP contribution in [0.4, 0.5) is 11.4 Å². The van der Waals surface area contributed by atoms with E-state index in [1.165, 1.54) is 0 Å². The lowest BCUT2D eigenvalue weighted by Crippen LogP contribution is -2.25. The summed E-state index contributed by atoms with van der Waals surface area (Å²) in [6.07, 6.45) is 1.45. The summed E-state index contributed by atoms with van der Waals surface area (Å²) in [5, 5.41) is 2.77. The quantitative estimate of drug-likeness (QED) is 0.850. The van der Waals surface area contributed by atoms with Crippen LogP contribution in [0.1, 0.15) is 22.8 Å². The Morgan fingerprint density at radius 3 is 2.80 bits per heavy atom. The second-order valence-electron chi connectivity index (χ2n) is 5.76. The van der Waals surface area contributed by atoms with Crippen molar-refractivity contribution in [1.29, 1.82) is 0 Å². The predicted molar refractivity (Wildman–Crippen MR) is 94.1 cm³/mol. The van der Waals surface area contributed by atoms with E-state index < -0.39 is 0 Å². The first-order valence-electron chi connectivity index (χ1n) is 7.96. The Labute approximate surface area is 145 Å². The Bertz CT molecular complexity index is 832. The molecule has 1 aliphatic heterocycles. The average Bonchev–Trinajstić information content (AvgIpc) is 3.03. The SMILES string of the molecule is CC(=O)N1CCc2cc(NC(=O)COc3ccccc3C=O)ccc21. The van der Waals surface area contributed by atoms with Crippen LogP contribution in [0.3, 0.4) is 0 Å². The maximum absolute atomic E-state index is 12.1. The Morgan fingerprint density at radius 2 is 2.04 bits per heavy atom. The highest BCUT2D eigenvalue weighted by atomic mass is 16.5. The van der Waals surface area contributed by atoms with E-state index in [0.717, 1.165) is 17.7 Å². The van der Waals surface area contributed by atoms with Gasteiger partial charge >= 0.3 is 0 Å². The minimum absolute atomic E-state index is 0.0118. The summed E-state index contributed by atoms with van der Waals surface area (Å²) in [7, 11) is 0. The lowest BCUT2D eigenvalue weighted by Gasteiger charge is -2.15. The molecule has 6 heteroatoms. The van der Waals surface area contributed by atoms with Crippen LogP contribution in [-0.2, 0) is 16.0 Å². The van der Waals surface area contributed by atoms with Gasteiger partial charge in [-0.25, -0.2) is 0 Å². The normalized spacial score (nSPS) is 12.4. The number of ether oxygens (including phenoxy) is 1. The molecule has 0 saturated carbocycles. The number of fused-ring (bicyclic) bond motifs is 1. The summed E-state index contributed by atoms with van der Waals surface area (Å²) < 4.78 is 5.41. The van der Waals surface area contributed by atoms with Crippen molar-refractivity contribution in [3.63, 3.8) is 0 Å². The fraction of sp³-hybridized carbons (Fsp3) is 0.211. The molecule has 1 aliphatic rings. The molecule has 1 N–H and O–H groups in total. The smallest absolute Gasteiger partial charge is 0.262 e. The third-order valence-electron chi connectivity index (χ3n) is 4.04. The highest BCUT2D eigenvalue weighted by Gasteiger charge is 2.22. The van der Waals surface area contributed by atoms with Crippen LogP contribution in [0.15, 0.2) is 42.5 Å². The summed E-state index contributed by atoms with van der Waals surface area (Å²) in [5.74, 6) is 0.0681. The maximum Gasteiger partial charge on any atom is 0.262 e. The van der Waals surface area contributed by atoms with Crippen LogP contribution in [0, 0.1) is 0 Å². The number of hydrogen-bond donors (Lipinski definition) is 1. The molecule has 0 spiro atoms. The second kappa shape index (κ2) is 7.17. The molecule has 2 aromatic rings. The number of carbonyl (C=O) groups excluding carboxylic acids is 3. The molecule has 2 amide bonds. The summed E-state index contributed by atoms with van der Waals surface area (Å²) in [6, 6.07) is 12.2. The number of para-hydroxylation sites is 1. The zero-order valence-corrected chi connectivity index (χ0v) is 13.8. The van der Waals surface area contributed by atoms with Crippen molar-refractivity contribution in [2.75, 3.05) is 23.4 Å². The number of benzene rings is 2. The molecular formula is C19H18N2O4. The Kier molecular flexibility index (Phi) is 4.79. The first-order chi connectivity index (χ1) is 12.1. The standard InChI is InChI=1S/C19H18N2O4/c1-13(23)21-9-8-14-10-16(6-7-17(14)21)20-19(24)12-25-18-5-3-2-4-15(18)11-22/h2-7,10-11H,8-9,12H2,1H3,(H,20,24). The fourth-order valence-electron chi connectivity index (χ4n) is 2.86. The van der Waals surface area contributed by atoms with E-state index in [9.17, 15) is 14.4 Å². The number of hydrogen-bond acceptors (Lipinski definition) is 4. The van der Waals surface area contributed by atoms with Gasteiger partial charge in [0, 0.05) is 24.8 Å². The molecule has 0 bridgehead atoms. The third-order valence-corrected chi connectivity index (χ3v) is 4.04. The largest absolute Gasteiger partial charge is 0.483 e. The molecule has 2 aromatic carbocycles. The van der Waals surface area contributed by atoms with Gasteiger partial charge in [-0.1, -0.05) is 12.1 Å². The number of nitrogens with zero attached hydrogens (tertiary/aromatic N) is 1. The number of rotatable bonds is 5. The van der Waals surface area contributed by atoms with Crippen molar-refractivity contribution >= 4 is 29.5 Å². The van der Waals surface area contributed by atoms with Crippen LogP contribution >= 0.6 is 0 Å². The maximum atomic E-state index is 12.1. The van der Waals surface area contributed by atoms with Gasteiger partial charge in [0.05, 0.1) is 5.56 Å². The van der Waals surface area contributed by atoms with Gasteiger partial charge in [0.15, 0.2) is 12.9 Å². The van der Waals surface area contributed by atoms with Gasteiger partial charge in [-0.05, 0) is 42.3 Å². The van der Waals surface area contributed by atoms with Crippen molar-refractivity contribution in [3.8, 4) is 5.75 Å². The van der Waals surface area contributed by atoms with E-state index in [-0.39, 0.29) is 18.4 Å². The Balaban J connectivity index is 1.62. The molecule has 0 fully saturated rings. The van der Waals surface area contributed by atoms with Gasteiger partial charge in [-0.3, -0.25) is 14.4 Å². The topological polar surface area (TPSA) is 75.7 Å². The lowest BCUT2D eigenvalue weighted by molar-refractivity contribution is -0.118. The summed E-state index contributed by atoms with van der Waals surface area (Å²) in [5.41, 5.74) is 2.97. The Morgan fingerprint density at radius 1 is 1.24 bits per heavy atom. The van der Waals surface area contributed by atoms with Crippen molar-refractivity contribution in [2.45, 2.75) is 13.3 Å². The van der Waals surface area contributed by atoms with Crippen LogP contribution in [0.25, 0.3) is 0 Å². The predicted octanol–water partition coefficient (Wildman–Crippen LogP) is 2.43. The summed E-state index contributed by atoms with van der Waals surface area (Å²) in [6.45, 7) is 2.01. The minimum atomic E-state index is -0.318. The average molecular weight is 338 g/mol. The molecule has 0 aromatic heterocycles. The molecular weight excluding hydrogens is 320 g/mol. The molecule has 0 radical (unpaired) electrons. The Hall–Kier alpha value is -3.15. The molecule has 3 rings (SSSR count). The van der Waals surface area contributed by atoms with Gasteiger partial charge in [-0.15, -0.1) is 0 Å². The van der Waals surface area contributed by atoms with Crippen LogP contribution in [0.5, 0.6) is 5.75 Å². The van der Waals surface area contributed by atoms with E-state index in [1.807, 2.05) is 12.1 Å². The van der Waals surface area contributed by atoms with Crippen LogP contribution in [-0.4, -0.2) is 31.3 Å². The number of carbonyl (C=O) groups is 3. The molecule has 0 aliphatic carbocycles. The third kappa shape index (κ3) is 3.68. The van der Waals surface area contributed by atoms with Gasteiger partial charge in [-0.2, -0.15) is 0 Å². The van der Waals surface area contributed by atoms with Crippen molar-refractivity contribution in [1.82, 2.24) is 0 Å². The van der Waals surface area contributed by atoms with Crippen molar-refractivity contribution < 1.29 is 19.1 Å². The fourth-order valence-corrected chi connectivity index (χ4v) is 2.86. The van der Waals surface area contributed by atoms with Gasteiger partial charge in [0.25, 0.3) is 5.91 Å². The monoisotopic (exact) mass is 338 g/mol. The van der Waals surface area contributed by atoms with E-state index in [1.54, 1.807) is 42.2 Å². The van der Waals surface area contributed by atoms with Crippen LogP contribution in [0.2, 0.25) is 0 Å². The molecule has 25 heavy (non-hydrogen) atoms. The van der Waals surface area contributed by atoms with Crippen molar-refractivity contribution in [2.24, 2.45) is 0 Å². The first-order valence-corrected chi connectivity index (χ1v) is 7.96. The molecule has 0 saturated heterocycles. The molecule has 6 nitrogen and oxygen atoms in total. The van der Waals surface area contributed by atoms with Crippen LogP contribution < -0.4 is 15.0 Å². The summed E-state index contributed by atoms with van der Waals surface area (Å²) >= 11 is 0.